The number of aromatic nitrogens is 2. The fourth-order valence-electron chi connectivity index (χ4n) is 1.37. The highest BCUT2D eigenvalue weighted by Gasteiger charge is 2.23. The number of aromatic amines is 1. The average molecular weight is 250 g/mol. The first kappa shape index (κ1) is 8.57. The molecule has 0 saturated heterocycles. The minimum atomic E-state index is 0.500. The molecule has 1 saturated carbocycles. The smallest absolute Gasteiger partial charge is 0.128 e. The predicted octanol–water partition coefficient (Wildman–Crippen LogP) is 3.18. The molecule has 0 spiro atoms. The maximum Gasteiger partial charge on any atom is 0.128 e. The van der Waals surface area contributed by atoms with Gasteiger partial charge in [0.15, 0.2) is 0 Å². The van der Waals surface area contributed by atoms with Gasteiger partial charge in [-0.2, -0.15) is 0 Å². The number of nitrogens with zero attached hydrogens (tertiary/aromatic N) is 1. The summed E-state index contributed by atoms with van der Waals surface area (Å²) in [4.78, 5) is 7.62. The SMILES string of the molecule is ClCc1[nH]c(C2CCC2)nc1Br. The summed E-state index contributed by atoms with van der Waals surface area (Å²) in [5, 5.41) is 0. The second kappa shape index (κ2) is 3.38. The normalized spacial score (nSPS) is 17.8. The van der Waals surface area contributed by atoms with Crippen molar-refractivity contribution in [3.05, 3.63) is 16.1 Å². The van der Waals surface area contributed by atoms with Crippen molar-refractivity contribution in [2.45, 2.75) is 31.1 Å². The highest BCUT2D eigenvalue weighted by atomic mass is 79.9. The molecule has 2 nitrogen and oxygen atoms in total. The number of hydrogen-bond acceptors (Lipinski definition) is 1. The van der Waals surface area contributed by atoms with Gasteiger partial charge in [-0.25, -0.2) is 4.98 Å². The highest BCUT2D eigenvalue weighted by molar-refractivity contribution is 9.10. The van der Waals surface area contributed by atoms with E-state index in [-0.39, 0.29) is 0 Å². The molecule has 1 aliphatic rings. The van der Waals surface area contributed by atoms with Gasteiger partial charge in [-0.15, -0.1) is 11.6 Å². The topological polar surface area (TPSA) is 28.7 Å². The largest absolute Gasteiger partial charge is 0.344 e. The van der Waals surface area contributed by atoms with Crippen molar-refractivity contribution in [2.24, 2.45) is 0 Å². The Bertz CT molecular complexity index is 281. The van der Waals surface area contributed by atoms with Gasteiger partial charge in [0, 0.05) is 5.92 Å². The minimum Gasteiger partial charge on any atom is -0.344 e. The standard InChI is InChI=1S/C8H10BrClN2/c9-7-6(4-10)11-8(12-7)5-2-1-3-5/h5H,1-4H2,(H,11,12). The molecule has 12 heavy (non-hydrogen) atoms. The Balaban J connectivity index is 2.21. The zero-order valence-electron chi connectivity index (χ0n) is 6.61. The molecule has 1 aromatic heterocycles. The quantitative estimate of drug-likeness (QED) is 0.801. The van der Waals surface area contributed by atoms with Crippen LogP contribution in [-0.2, 0) is 5.88 Å². The van der Waals surface area contributed by atoms with E-state index in [0.717, 1.165) is 16.1 Å². The number of alkyl halides is 1. The lowest BCUT2D eigenvalue weighted by atomic mass is 9.85. The van der Waals surface area contributed by atoms with Crippen LogP contribution in [0.2, 0.25) is 0 Å². The van der Waals surface area contributed by atoms with E-state index >= 15 is 0 Å². The molecular formula is C8H10BrClN2. The van der Waals surface area contributed by atoms with Crippen molar-refractivity contribution in [1.82, 2.24) is 9.97 Å². The Morgan fingerprint density at radius 1 is 1.58 bits per heavy atom. The van der Waals surface area contributed by atoms with Gasteiger partial charge in [-0.1, -0.05) is 6.42 Å². The lowest BCUT2D eigenvalue weighted by molar-refractivity contribution is 0.403. The molecule has 1 fully saturated rings. The number of hydrogen-bond donors (Lipinski definition) is 1. The Hall–Kier alpha value is -0.0200. The van der Waals surface area contributed by atoms with Gasteiger partial charge in [-0.3, -0.25) is 0 Å². The number of H-pyrrole nitrogens is 1. The fourth-order valence-corrected chi connectivity index (χ4v) is 2.16. The van der Waals surface area contributed by atoms with Gasteiger partial charge in [0.1, 0.15) is 10.4 Å². The van der Waals surface area contributed by atoms with Crippen LogP contribution in [0.5, 0.6) is 0 Å². The summed E-state index contributed by atoms with van der Waals surface area (Å²) in [6.45, 7) is 0. The number of rotatable bonds is 2. The summed E-state index contributed by atoms with van der Waals surface area (Å²) in [5.41, 5.74) is 0.999. The first-order chi connectivity index (χ1) is 5.81. The highest BCUT2D eigenvalue weighted by Crippen LogP contribution is 2.35. The van der Waals surface area contributed by atoms with Crippen molar-refractivity contribution >= 4 is 27.5 Å². The van der Waals surface area contributed by atoms with Gasteiger partial charge < -0.3 is 4.98 Å². The molecule has 2 rings (SSSR count). The van der Waals surface area contributed by atoms with Crippen LogP contribution in [0, 0.1) is 0 Å². The monoisotopic (exact) mass is 248 g/mol. The predicted molar refractivity (Wildman–Crippen MR) is 52.4 cm³/mol. The van der Waals surface area contributed by atoms with E-state index in [4.69, 9.17) is 11.6 Å². The van der Waals surface area contributed by atoms with E-state index in [1.54, 1.807) is 0 Å². The molecule has 1 aromatic rings. The van der Waals surface area contributed by atoms with Crippen LogP contribution in [0.15, 0.2) is 4.60 Å². The van der Waals surface area contributed by atoms with Crippen LogP contribution in [0.3, 0.4) is 0 Å². The van der Waals surface area contributed by atoms with Gasteiger partial charge in [0.25, 0.3) is 0 Å². The van der Waals surface area contributed by atoms with Gasteiger partial charge in [0.2, 0.25) is 0 Å². The van der Waals surface area contributed by atoms with E-state index in [9.17, 15) is 0 Å². The Labute approximate surface area is 84.8 Å². The zero-order valence-corrected chi connectivity index (χ0v) is 8.95. The van der Waals surface area contributed by atoms with Crippen molar-refractivity contribution in [1.29, 1.82) is 0 Å². The first-order valence-corrected chi connectivity index (χ1v) is 5.44. The molecule has 0 bridgehead atoms. The molecule has 1 N–H and O–H groups in total. The Kier molecular flexibility index (Phi) is 2.42. The molecule has 1 aliphatic carbocycles. The first-order valence-electron chi connectivity index (χ1n) is 4.11. The summed E-state index contributed by atoms with van der Waals surface area (Å²) in [5.74, 6) is 2.25. The van der Waals surface area contributed by atoms with Gasteiger partial charge in [0.05, 0.1) is 11.6 Å². The summed E-state index contributed by atoms with van der Waals surface area (Å²) in [7, 11) is 0. The number of nitrogens with one attached hydrogen (secondary N) is 1. The molecule has 1 heterocycles. The van der Waals surface area contributed by atoms with Crippen LogP contribution in [0.25, 0.3) is 0 Å². The second-order valence-electron chi connectivity index (χ2n) is 3.15. The summed E-state index contributed by atoms with van der Waals surface area (Å²) < 4.78 is 0.874. The van der Waals surface area contributed by atoms with Crippen molar-refractivity contribution in [2.75, 3.05) is 0 Å². The van der Waals surface area contributed by atoms with E-state index in [1.165, 1.54) is 19.3 Å². The average Bonchev–Trinajstić information content (AvgIpc) is 2.27. The van der Waals surface area contributed by atoms with Crippen LogP contribution in [-0.4, -0.2) is 9.97 Å². The van der Waals surface area contributed by atoms with E-state index < -0.39 is 0 Å². The van der Waals surface area contributed by atoms with Crippen LogP contribution < -0.4 is 0 Å². The van der Waals surface area contributed by atoms with Crippen LogP contribution >= 0.6 is 27.5 Å². The van der Waals surface area contributed by atoms with E-state index in [1.807, 2.05) is 0 Å². The summed E-state index contributed by atoms with van der Waals surface area (Å²) >= 11 is 9.08. The summed E-state index contributed by atoms with van der Waals surface area (Å²) in [6, 6.07) is 0. The van der Waals surface area contributed by atoms with E-state index in [0.29, 0.717) is 11.8 Å². The lowest BCUT2D eigenvalue weighted by Crippen LogP contribution is -2.10. The van der Waals surface area contributed by atoms with Crippen LogP contribution in [0.1, 0.15) is 36.7 Å². The lowest BCUT2D eigenvalue weighted by Gasteiger charge is -2.22. The number of imidazole rings is 1. The maximum absolute atomic E-state index is 5.71. The summed E-state index contributed by atoms with van der Waals surface area (Å²) in [6.07, 6.45) is 3.86. The molecular weight excluding hydrogens is 239 g/mol. The minimum absolute atomic E-state index is 0.500. The van der Waals surface area contributed by atoms with Crippen molar-refractivity contribution in [3.8, 4) is 0 Å². The van der Waals surface area contributed by atoms with Crippen LogP contribution in [0.4, 0.5) is 0 Å². The Morgan fingerprint density at radius 2 is 2.33 bits per heavy atom. The third-order valence-electron chi connectivity index (χ3n) is 2.37. The second-order valence-corrected chi connectivity index (χ2v) is 4.17. The molecule has 0 amide bonds. The molecule has 66 valence electrons. The van der Waals surface area contributed by atoms with Crippen molar-refractivity contribution in [3.63, 3.8) is 0 Å². The van der Waals surface area contributed by atoms with Crippen molar-refractivity contribution < 1.29 is 0 Å². The molecule has 0 atom stereocenters. The third-order valence-corrected chi connectivity index (χ3v) is 3.30. The maximum atomic E-state index is 5.71. The fraction of sp³-hybridized carbons (Fsp3) is 0.625. The molecule has 0 radical (unpaired) electrons. The molecule has 4 heteroatoms. The zero-order chi connectivity index (χ0) is 8.55. The third kappa shape index (κ3) is 1.40. The number of halogens is 2. The van der Waals surface area contributed by atoms with E-state index in [2.05, 4.69) is 25.9 Å². The Morgan fingerprint density at radius 3 is 2.75 bits per heavy atom. The molecule has 0 aromatic carbocycles. The molecule has 0 aliphatic heterocycles. The van der Waals surface area contributed by atoms with Gasteiger partial charge in [-0.05, 0) is 28.8 Å². The van der Waals surface area contributed by atoms with Gasteiger partial charge >= 0.3 is 0 Å². The molecule has 0 unspecified atom stereocenters.